The first-order chi connectivity index (χ1) is 15.4. The van der Waals surface area contributed by atoms with Gasteiger partial charge in [0.2, 0.25) is 0 Å². The number of hydrazone groups is 1. The molecular formula is C23H14BrCl2N3O2S. The van der Waals surface area contributed by atoms with Gasteiger partial charge >= 0.3 is 0 Å². The molecule has 3 aromatic carbocycles. The van der Waals surface area contributed by atoms with Crippen LogP contribution in [-0.4, -0.2) is 18.0 Å². The van der Waals surface area contributed by atoms with Crippen molar-refractivity contribution in [3.05, 3.63) is 97.3 Å². The van der Waals surface area contributed by atoms with Crippen molar-refractivity contribution in [2.45, 2.75) is 0 Å². The number of amides is 2. The van der Waals surface area contributed by atoms with E-state index in [0.717, 1.165) is 20.1 Å². The van der Waals surface area contributed by atoms with Gasteiger partial charge in [-0.1, -0.05) is 57.3 Å². The molecule has 0 aliphatic heterocycles. The van der Waals surface area contributed by atoms with Gasteiger partial charge in [-0.2, -0.15) is 5.10 Å². The quantitative estimate of drug-likeness (QED) is 0.209. The third-order valence-electron chi connectivity index (χ3n) is 4.43. The molecule has 32 heavy (non-hydrogen) atoms. The monoisotopic (exact) mass is 545 g/mol. The molecule has 0 saturated carbocycles. The molecule has 0 unspecified atom stereocenters. The Morgan fingerprint density at radius 2 is 1.75 bits per heavy atom. The molecule has 0 bridgehead atoms. The molecule has 0 spiro atoms. The molecule has 9 heteroatoms. The lowest BCUT2D eigenvalue weighted by molar-refractivity contribution is 0.0954. The van der Waals surface area contributed by atoms with E-state index in [2.05, 4.69) is 31.8 Å². The summed E-state index contributed by atoms with van der Waals surface area (Å²) in [6.45, 7) is 0. The Morgan fingerprint density at radius 3 is 2.50 bits per heavy atom. The van der Waals surface area contributed by atoms with Gasteiger partial charge in [0.1, 0.15) is 4.88 Å². The summed E-state index contributed by atoms with van der Waals surface area (Å²) < 4.78 is 1.76. The summed E-state index contributed by atoms with van der Waals surface area (Å²) in [5, 5.41) is 8.51. The first kappa shape index (κ1) is 22.5. The molecule has 0 atom stereocenters. The van der Waals surface area contributed by atoms with E-state index >= 15 is 0 Å². The highest BCUT2D eigenvalue weighted by Gasteiger charge is 2.17. The molecule has 4 aromatic rings. The Labute approximate surface area is 206 Å². The van der Waals surface area contributed by atoms with Crippen molar-refractivity contribution in [3.63, 3.8) is 0 Å². The fourth-order valence-corrected chi connectivity index (χ4v) is 5.00. The number of halogens is 3. The highest BCUT2D eigenvalue weighted by atomic mass is 79.9. The first-order valence-corrected chi connectivity index (χ1v) is 11.7. The van der Waals surface area contributed by atoms with Gasteiger partial charge in [-0.05, 0) is 54.1 Å². The molecule has 0 fully saturated rings. The van der Waals surface area contributed by atoms with Gasteiger partial charge in [0, 0.05) is 30.8 Å². The van der Waals surface area contributed by atoms with Crippen LogP contribution in [0.5, 0.6) is 0 Å². The zero-order valence-electron chi connectivity index (χ0n) is 16.2. The van der Waals surface area contributed by atoms with E-state index < -0.39 is 0 Å². The summed E-state index contributed by atoms with van der Waals surface area (Å²) in [5.41, 5.74) is 4.27. The Kier molecular flexibility index (Phi) is 6.91. The number of benzene rings is 3. The lowest BCUT2D eigenvalue weighted by atomic mass is 10.2. The van der Waals surface area contributed by atoms with Crippen LogP contribution in [0.2, 0.25) is 10.0 Å². The summed E-state index contributed by atoms with van der Waals surface area (Å²) in [4.78, 5) is 25.4. The van der Waals surface area contributed by atoms with Crippen LogP contribution in [0.4, 0.5) is 5.69 Å². The standard InChI is InChI=1S/C23H14BrCl2N3O2S/c24-15-3-1-2-13(10-15)12-27-29-22(30)14-4-7-17(8-5-14)28-23(31)21-20(26)18-9-6-16(25)11-19(18)32-21/h1-12H,(H,28,31)(H,29,30)/b27-12-. The molecule has 0 aliphatic carbocycles. The normalized spacial score (nSPS) is 11.1. The second-order valence-corrected chi connectivity index (χ2v) is 9.45. The third-order valence-corrected chi connectivity index (χ3v) is 6.82. The van der Waals surface area contributed by atoms with E-state index in [4.69, 9.17) is 23.2 Å². The van der Waals surface area contributed by atoms with Gasteiger partial charge in [-0.15, -0.1) is 11.3 Å². The molecule has 2 amide bonds. The molecule has 1 aromatic heterocycles. The maximum Gasteiger partial charge on any atom is 0.271 e. The fourth-order valence-electron chi connectivity index (χ4n) is 2.89. The summed E-state index contributed by atoms with van der Waals surface area (Å²) in [6.07, 6.45) is 1.55. The van der Waals surface area contributed by atoms with E-state index in [1.807, 2.05) is 24.3 Å². The molecule has 5 nitrogen and oxygen atoms in total. The van der Waals surface area contributed by atoms with Crippen LogP contribution in [0.1, 0.15) is 25.6 Å². The Balaban J connectivity index is 1.40. The second-order valence-electron chi connectivity index (χ2n) is 6.67. The van der Waals surface area contributed by atoms with Crippen LogP contribution in [-0.2, 0) is 0 Å². The van der Waals surface area contributed by atoms with Crippen LogP contribution in [0, 0.1) is 0 Å². The van der Waals surface area contributed by atoms with E-state index in [1.165, 1.54) is 11.3 Å². The number of fused-ring (bicyclic) bond motifs is 1. The van der Waals surface area contributed by atoms with Crippen LogP contribution >= 0.6 is 50.5 Å². The van der Waals surface area contributed by atoms with Crippen molar-refractivity contribution in [2.75, 3.05) is 5.32 Å². The maximum atomic E-state index is 12.7. The average molecular weight is 547 g/mol. The zero-order chi connectivity index (χ0) is 22.7. The molecule has 160 valence electrons. The van der Waals surface area contributed by atoms with Gasteiger partial charge in [0.15, 0.2) is 0 Å². The van der Waals surface area contributed by atoms with Crippen molar-refractivity contribution in [1.29, 1.82) is 0 Å². The lowest BCUT2D eigenvalue weighted by Crippen LogP contribution is -2.17. The third kappa shape index (κ3) is 5.19. The number of thiophene rings is 1. The molecule has 0 aliphatic rings. The highest BCUT2D eigenvalue weighted by Crippen LogP contribution is 2.37. The summed E-state index contributed by atoms with van der Waals surface area (Å²) in [7, 11) is 0. The number of hydrogen-bond donors (Lipinski definition) is 2. The predicted molar refractivity (Wildman–Crippen MR) is 135 cm³/mol. The largest absolute Gasteiger partial charge is 0.321 e. The van der Waals surface area contributed by atoms with Crippen LogP contribution < -0.4 is 10.7 Å². The SMILES string of the molecule is O=C(N/N=C\c1cccc(Br)c1)c1ccc(NC(=O)c2sc3cc(Cl)ccc3c2Cl)cc1. The summed E-state index contributed by atoms with van der Waals surface area (Å²) in [6, 6.07) is 19.3. The highest BCUT2D eigenvalue weighted by molar-refractivity contribution is 9.10. The van der Waals surface area contributed by atoms with Crippen LogP contribution in [0.15, 0.2) is 76.3 Å². The molecule has 4 rings (SSSR count). The minimum atomic E-state index is -0.362. The topological polar surface area (TPSA) is 70.6 Å². The summed E-state index contributed by atoms with van der Waals surface area (Å²) in [5.74, 6) is -0.693. The minimum absolute atomic E-state index is 0.330. The number of hydrogen-bond acceptors (Lipinski definition) is 4. The molecule has 2 N–H and O–H groups in total. The van der Waals surface area contributed by atoms with Crippen molar-refractivity contribution >= 4 is 84.3 Å². The van der Waals surface area contributed by atoms with Crippen molar-refractivity contribution < 1.29 is 9.59 Å². The van der Waals surface area contributed by atoms with E-state index in [0.29, 0.717) is 26.2 Å². The molecule has 1 heterocycles. The maximum absolute atomic E-state index is 12.7. The smallest absolute Gasteiger partial charge is 0.271 e. The van der Waals surface area contributed by atoms with E-state index in [1.54, 1.807) is 48.7 Å². The Bertz CT molecular complexity index is 1350. The molecule has 0 radical (unpaired) electrons. The second kappa shape index (κ2) is 9.83. The molecular weight excluding hydrogens is 533 g/mol. The number of anilines is 1. The Hall–Kier alpha value is -2.71. The fraction of sp³-hybridized carbons (Fsp3) is 0. The molecule has 0 saturated heterocycles. The van der Waals surface area contributed by atoms with E-state index in [-0.39, 0.29) is 11.8 Å². The van der Waals surface area contributed by atoms with Gasteiger partial charge in [0.25, 0.3) is 11.8 Å². The van der Waals surface area contributed by atoms with E-state index in [9.17, 15) is 9.59 Å². The van der Waals surface area contributed by atoms with Gasteiger partial charge < -0.3 is 5.32 Å². The van der Waals surface area contributed by atoms with Crippen molar-refractivity contribution in [3.8, 4) is 0 Å². The number of rotatable bonds is 5. The predicted octanol–water partition coefficient (Wildman–Crippen LogP) is 6.99. The average Bonchev–Trinajstić information content (AvgIpc) is 3.10. The zero-order valence-corrected chi connectivity index (χ0v) is 20.1. The number of carbonyl (C=O) groups excluding carboxylic acids is 2. The lowest BCUT2D eigenvalue weighted by Gasteiger charge is -2.05. The van der Waals surface area contributed by atoms with Crippen LogP contribution in [0.3, 0.4) is 0 Å². The first-order valence-electron chi connectivity index (χ1n) is 9.28. The van der Waals surface area contributed by atoms with Gasteiger partial charge in [0.05, 0.1) is 11.2 Å². The minimum Gasteiger partial charge on any atom is -0.321 e. The van der Waals surface area contributed by atoms with Crippen LogP contribution in [0.25, 0.3) is 10.1 Å². The number of nitrogens with zero attached hydrogens (tertiary/aromatic N) is 1. The Morgan fingerprint density at radius 1 is 0.969 bits per heavy atom. The van der Waals surface area contributed by atoms with Gasteiger partial charge in [-0.3, -0.25) is 9.59 Å². The van der Waals surface area contributed by atoms with Gasteiger partial charge in [-0.25, -0.2) is 5.43 Å². The number of nitrogens with one attached hydrogen (secondary N) is 2. The number of carbonyl (C=O) groups is 2. The van der Waals surface area contributed by atoms with Crippen molar-refractivity contribution in [2.24, 2.45) is 5.10 Å². The van der Waals surface area contributed by atoms with Crippen molar-refractivity contribution in [1.82, 2.24) is 5.43 Å². The summed E-state index contributed by atoms with van der Waals surface area (Å²) >= 11 is 17.0.